The van der Waals surface area contributed by atoms with E-state index in [0.717, 1.165) is 24.2 Å². The molecule has 0 heterocycles. The first-order valence-corrected chi connectivity index (χ1v) is 6.42. The molecule has 1 aromatic rings. The molecule has 1 aromatic carbocycles. The van der Waals surface area contributed by atoms with Crippen LogP contribution in [-0.4, -0.2) is 12.4 Å². The van der Waals surface area contributed by atoms with Crippen molar-refractivity contribution in [1.82, 2.24) is 0 Å². The molecule has 0 aliphatic carbocycles. The Morgan fingerprint density at radius 1 is 1.44 bits per heavy atom. The number of hydrogen-bond donors (Lipinski definition) is 0. The second-order valence-corrected chi connectivity index (χ2v) is 4.87. The molecule has 0 atom stereocenters. The van der Waals surface area contributed by atoms with Gasteiger partial charge < -0.3 is 4.74 Å². The van der Waals surface area contributed by atoms with Crippen LogP contribution in [0.2, 0.25) is 0 Å². The third kappa shape index (κ3) is 4.02. The molecular formula is C16H22O2. The molecule has 0 saturated carbocycles. The molecule has 1 rings (SSSR count). The van der Waals surface area contributed by atoms with E-state index in [9.17, 15) is 4.79 Å². The lowest BCUT2D eigenvalue weighted by atomic mass is 10.0. The number of hydrogen-bond acceptors (Lipinski definition) is 2. The largest absolute Gasteiger partial charge is 0.493 e. The van der Waals surface area contributed by atoms with Gasteiger partial charge in [0.2, 0.25) is 0 Å². The zero-order valence-corrected chi connectivity index (χ0v) is 11.5. The van der Waals surface area contributed by atoms with Crippen LogP contribution in [0.25, 0.3) is 0 Å². The van der Waals surface area contributed by atoms with Gasteiger partial charge in [0.25, 0.3) is 0 Å². The highest BCUT2D eigenvalue weighted by Crippen LogP contribution is 2.26. The maximum Gasteiger partial charge on any atom is 0.163 e. The fourth-order valence-corrected chi connectivity index (χ4v) is 1.75. The Kier molecular flexibility index (Phi) is 5.63. The molecule has 0 aliphatic heterocycles. The predicted octanol–water partition coefficient (Wildman–Crippen LogP) is 4.04. The number of Topliss-reactive ketones (excluding diaryl/α,β-unsaturated/α-hetero) is 1. The fraction of sp³-hybridized carbons (Fsp3) is 0.438. The Labute approximate surface area is 110 Å². The van der Waals surface area contributed by atoms with Crippen molar-refractivity contribution in [1.29, 1.82) is 0 Å². The summed E-state index contributed by atoms with van der Waals surface area (Å²) in [5, 5.41) is 0. The molecule has 0 spiro atoms. The van der Waals surface area contributed by atoms with Crippen LogP contribution in [0.15, 0.2) is 30.9 Å². The summed E-state index contributed by atoms with van der Waals surface area (Å²) in [6, 6.07) is 5.70. The molecule has 0 aliphatic rings. The van der Waals surface area contributed by atoms with E-state index in [1.807, 2.05) is 24.3 Å². The number of allylic oxidation sites excluding steroid dienone is 1. The minimum atomic E-state index is 0.0421. The first-order chi connectivity index (χ1) is 8.56. The number of para-hydroxylation sites is 1. The van der Waals surface area contributed by atoms with Crippen LogP contribution in [0.5, 0.6) is 5.75 Å². The maximum atomic E-state index is 11.6. The summed E-state index contributed by atoms with van der Waals surface area (Å²) < 4.78 is 5.82. The molecule has 0 amide bonds. The van der Waals surface area contributed by atoms with Gasteiger partial charge in [0.05, 0.1) is 12.2 Å². The van der Waals surface area contributed by atoms with Gasteiger partial charge in [0.15, 0.2) is 5.78 Å². The van der Waals surface area contributed by atoms with E-state index >= 15 is 0 Å². The number of rotatable bonds is 7. The number of ketones is 1. The van der Waals surface area contributed by atoms with E-state index in [2.05, 4.69) is 20.4 Å². The summed E-state index contributed by atoms with van der Waals surface area (Å²) in [5.74, 6) is 1.36. The lowest BCUT2D eigenvalue weighted by molar-refractivity contribution is 0.101. The first kappa shape index (κ1) is 14.5. The van der Waals surface area contributed by atoms with E-state index in [0.29, 0.717) is 18.1 Å². The first-order valence-electron chi connectivity index (χ1n) is 6.42. The molecule has 18 heavy (non-hydrogen) atoms. The molecule has 0 radical (unpaired) electrons. The minimum absolute atomic E-state index is 0.0421. The highest BCUT2D eigenvalue weighted by Gasteiger charge is 2.12. The SMILES string of the molecule is C=CCc1cccc(C(C)=O)c1OCCC(C)C. The van der Waals surface area contributed by atoms with Crippen molar-refractivity contribution in [2.24, 2.45) is 5.92 Å². The molecule has 0 bridgehead atoms. The molecule has 0 N–H and O–H groups in total. The average molecular weight is 246 g/mol. The number of benzene rings is 1. The molecule has 0 fully saturated rings. The smallest absolute Gasteiger partial charge is 0.163 e. The molecule has 0 aromatic heterocycles. The van der Waals surface area contributed by atoms with Crippen LogP contribution in [0.3, 0.4) is 0 Å². The topological polar surface area (TPSA) is 26.3 Å². The average Bonchev–Trinajstić information content (AvgIpc) is 2.30. The summed E-state index contributed by atoms with van der Waals surface area (Å²) in [4.78, 5) is 11.6. The number of carbonyl (C=O) groups excluding carboxylic acids is 1. The monoisotopic (exact) mass is 246 g/mol. The van der Waals surface area contributed by atoms with E-state index in [-0.39, 0.29) is 5.78 Å². The second-order valence-electron chi connectivity index (χ2n) is 4.87. The van der Waals surface area contributed by atoms with Crippen molar-refractivity contribution in [3.8, 4) is 5.75 Å². The van der Waals surface area contributed by atoms with Gasteiger partial charge in [-0.2, -0.15) is 0 Å². The zero-order valence-electron chi connectivity index (χ0n) is 11.5. The number of carbonyl (C=O) groups is 1. The van der Waals surface area contributed by atoms with Crippen LogP contribution in [0, 0.1) is 5.92 Å². The lowest BCUT2D eigenvalue weighted by Gasteiger charge is -2.14. The van der Waals surface area contributed by atoms with Gasteiger partial charge in [-0.15, -0.1) is 6.58 Å². The standard InChI is InChI=1S/C16H22O2/c1-5-7-14-8-6-9-15(13(4)17)16(14)18-11-10-12(2)3/h5-6,8-9,12H,1,7,10-11H2,2-4H3. The molecule has 2 heteroatoms. The Morgan fingerprint density at radius 2 is 2.17 bits per heavy atom. The van der Waals surface area contributed by atoms with E-state index in [1.165, 1.54) is 0 Å². The predicted molar refractivity (Wildman–Crippen MR) is 75.3 cm³/mol. The fourth-order valence-electron chi connectivity index (χ4n) is 1.75. The second kappa shape index (κ2) is 7.00. The quantitative estimate of drug-likeness (QED) is 0.536. The molecule has 98 valence electrons. The van der Waals surface area contributed by atoms with E-state index < -0.39 is 0 Å². The summed E-state index contributed by atoms with van der Waals surface area (Å²) in [6.07, 6.45) is 3.53. The summed E-state index contributed by atoms with van der Waals surface area (Å²) in [7, 11) is 0. The van der Waals surface area contributed by atoms with Gasteiger partial charge in [-0.1, -0.05) is 32.1 Å². The molecule has 0 unspecified atom stereocenters. The van der Waals surface area contributed by atoms with Crippen molar-refractivity contribution in [2.75, 3.05) is 6.61 Å². The maximum absolute atomic E-state index is 11.6. The highest BCUT2D eigenvalue weighted by atomic mass is 16.5. The van der Waals surface area contributed by atoms with Crippen molar-refractivity contribution in [3.63, 3.8) is 0 Å². The van der Waals surface area contributed by atoms with Crippen molar-refractivity contribution < 1.29 is 9.53 Å². The summed E-state index contributed by atoms with van der Waals surface area (Å²) >= 11 is 0. The third-order valence-electron chi connectivity index (χ3n) is 2.78. The Balaban J connectivity index is 2.95. The van der Waals surface area contributed by atoms with Gasteiger partial charge in [-0.3, -0.25) is 4.79 Å². The van der Waals surface area contributed by atoms with Crippen LogP contribution >= 0.6 is 0 Å². The molecule has 0 saturated heterocycles. The van der Waals surface area contributed by atoms with Crippen molar-refractivity contribution >= 4 is 5.78 Å². The van der Waals surface area contributed by atoms with Gasteiger partial charge in [0.1, 0.15) is 5.75 Å². The summed E-state index contributed by atoms with van der Waals surface area (Å²) in [5.41, 5.74) is 1.69. The Bertz CT molecular complexity index is 419. The Morgan fingerprint density at radius 3 is 2.72 bits per heavy atom. The number of ether oxygens (including phenoxy) is 1. The Hall–Kier alpha value is -1.57. The zero-order chi connectivity index (χ0) is 13.5. The van der Waals surface area contributed by atoms with Crippen molar-refractivity contribution in [2.45, 2.75) is 33.6 Å². The van der Waals surface area contributed by atoms with Gasteiger partial charge in [-0.25, -0.2) is 0 Å². The van der Waals surface area contributed by atoms with Gasteiger partial charge in [0, 0.05) is 0 Å². The van der Waals surface area contributed by atoms with Crippen LogP contribution in [0.1, 0.15) is 43.1 Å². The normalized spacial score (nSPS) is 10.4. The summed E-state index contributed by atoms with van der Waals surface area (Å²) in [6.45, 7) is 10.3. The molecule has 2 nitrogen and oxygen atoms in total. The van der Waals surface area contributed by atoms with Crippen LogP contribution < -0.4 is 4.74 Å². The lowest BCUT2D eigenvalue weighted by Crippen LogP contribution is -2.07. The van der Waals surface area contributed by atoms with Crippen molar-refractivity contribution in [3.05, 3.63) is 42.0 Å². The minimum Gasteiger partial charge on any atom is -0.493 e. The van der Waals surface area contributed by atoms with E-state index in [1.54, 1.807) is 6.92 Å². The van der Waals surface area contributed by atoms with Crippen LogP contribution in [0.4, 0.5) is 0 Å². The molecular weight excluding hydrogens is 224 g/mol. The van der Waals surface area contributed by atoms with Gasteiger partial charge >= 0.3 is 0 Å². The van der Waals surface area contributed by atoms with Crippen LogP contribution in [-0.2, 0) is 6.42 Å². The third-order valence-corrected chi connectivity index (χ3v) is 2.78. The van der Waals surface area contributed by atoms with E-state index in [4.69, 9.17) is 4.74 Å². The van der Waals surface area contributed by atoms with Gasteiger partial charge in [-0.05, 0) is 37.3 Å². The highest BCUT2D eigenvalue weighted by molar-refractivity contribution is 5.97.